The molecule has 3 nitrogen and oxygen atoms in total. The second-order valence-corrected chi connectivity index (χ2v) is 4.36. The summed E-state index contributed by atoms with van der Waals surface area (Å²) in [7, 11) is 0. The number of benzene rings is 1. The van der Waals surface area contributed by atoms with E-state index in [9.17, 15) is 4.79 Å². The molecule has 92 valence electrons. The highest BCUT2D eigenvalue weighted by atomic mass is 79.9. The highest BCUT2D eigenvalue weighted by Gasteiger charge is 2.18. The number of nitrogens with zero attached hydrogens (tertiary/aromatic N) is 1. The van der Waals surface area contributed by atoms with Gasteiger partial charge in [0.15, 0.2) is 0 Å². The SMILES string of the molecule is CCOC(=O)c1c(-c2ccccc2)ccnc1Br. The first-order valence-corrected chi connectivity index (χ1v) is 6.40. The normalized spacial score (nSPS) is 10.1. The number of ether oxygens (including phenoxy) is 1. The number of esters is 1. The smallest absolute Gasteiger partial charge is 0.341 e. The van der Waals surface area contributed by atoms with Crippen LogP contribution in [-0.2, 0) is 4.74 Å². The Morgan fingerprint density at radius 2 is 2.00 bits per heavy atom. The summed E-state index contributed by atoms with van der Waals surface area (Å²) >= 11 is 3.30. The number of carbonyl (C=O) groups excluding carboxylic acids is 1. The first-order valence-electron chi connectivity index (χ1n) is 5.61. The monoisotopic (exact) mass is 305 g/mol. The minimum absolute atomic E-state index is 0.342. The van der Waals surface area contributed by atoms with E-state index < -0.39 is 0 Å². The number of hydrogen-bond donors (Lipinski definition) is 0. The van der Waals surface area contributed by atoms with Crippen LogP contribution in [-0.4, -0.2) is 17.6 Å². The van der Waals surface area contributed by atoms with E-state index in [1.165, 1.54) is 0 Å². The van der Waals surface area contributed by atoms with Gasteiger partial charge in [0.2, 0.25) is 0 Å². The first kappa shape index (κ1) is 12.8. The predicted octanol–water partition coefficient (Wildman–Crippen LogP) is 3.69. The molecule has 0 aliphatic rings. The van der Waals surface area contributed by atoms with E-state index in [2.05, 4.69) is 20.9 Å². The maximum atomic E-state index is 12.0. The number of halogens is 1. The van der Waals surface area contributed by atoms with Crippen LogP contribution in [0.1, 0.15) is 17.3 Å². The largest absolute Gasteiger partial charge is 0.462 e. The molecule has 1 heterocycles. The van der Waals surface area contributed by atoms with Crippen LogP contribution in [0.2, 0.25) is 0 Å². The molecule has 0 amide bonds. The molecule has 0 saturated heterocycles. The fourth-order valence-corrected chi connectivity index (χ4v) is 2.19. The predicted molar refractivity (Wildman–Crippen MR) is 73.3 cm³/mol. The standard InChI is InChI=1S/C14H12BrNO2/c1-2-18-14(17)12-11(8-9-16-13(12)15)10-6-4-3-5-7-10/h3-9H,2H2,1H3. The molecule has 0 aliphatic heterocycles. The minimum atomic E-state index is -0.365. The van der Waals surface area contributed by atoms with Crippen molar-refractivity contribution in [2.24, 2.45) is 0 Å². The summed E-state index contributed by atoms with van der Waals surface area (Å²) < 4.78 is 5.56. The van der Waals surface area contributed by atoms with Crippen LogP contribution in [0.5, 0.6) is 0 Å². The fourth-order valence-electron chi connectivity index (χ4n) is 1.69. The van der Waals surface area contributed by atoms with Crippen molar-refractivity contribution < 1.29 is 9.53 Å². The molecular formula is C14H12BrNO2. The Morgan fingerprint density at radius 1 is 1.28 bits per heavy atom. The van der Waals surface area contributed by atoms with Crippen molar-refractivity contribution in [3.8, 4) is 11.1 Å². The molecule has 4 heteroatoms. The number of rotatable bonds is 3. The van der Waals surface area contributed by atoms with Crippen LogP contribution in [0.3, 0.4) is 0 Å². The lowest BCUT2D eigenvalue weighted by Gasteiger charge is -2.10. The Morgan fingerprint density at radius 3 is 2.67 bits per heavy atom. The zero-order valence-corrected chi connectivity index (χ0v) is 11.5. The Bertz CT molecular complexity index is 555. The average Bonchev–Trinajstić information content (AvgIpc) is 2.39. The summed E-state index contributed by atoms with van der Waals surface area (Å²) in [6.45, 7) is 2.12. The van der Waals surface area contributed by atoms with Crippen LogP contribution >= 0.6 is 15.9 Å². The van der Waals surface area contributed by atoms with Gasteiger partial charge in [0, 0.05) is 11.8 Å². The van der Waals surface area contributed by atoms with E-state index in [4.69, 9.17) is 4.74 Å². The Labute approximate surface area is 114 Å². The molecule has 0 saturated carbocycles. The lowest BCUT2D eigenvalue weighted by atomic mass is 10.0. The minimum Gasteiger partial charge on any atom is -0.462 e. The third-order valence-electron chi connectivity index (χ3n) is 2.47. The van der Waals surface area contributed by atoms with Gasteiger partial charge in [-0.3, -0.25) is 0 Å². The number of carbonyl (C=O) groups is 1. The molecule has 18 heavy (non-hydrogen) atoms. The molecule has 1 aromatic heterocycles. The van der Waals surface area contributed by atoms with E-state index in [-0.39, 0.29) is 5.97 Å². The van der Waals surface area contributed by atoms with Crippen molar-refractivity contribution in [1.82, 2.24) is 4.98 Å². The van der Waals surface area contributed by atoms with Crippen molar-refractivity contribution in [1.29, 1.82) is 0 Å². The van der Waals surface area contributed by atoms with Gasteiger partial charge in [-0.15, -0.1) is 0 Å². The van der Waals surface area contributed by atoms with Crippen LogP contribution in [0.25, 0.3) is 11.1 Å². The zero-order chi connectivity index (χ0) is 13.0. The van der Waals surface area contributed by atoms with Gasteiger partial charge < -0.3 is 4.74 Å². The van der Waals surface area contributed by atoms with Gasteiger partial charge in [-0.25, -0.2) is 9.78 Å². The van der Waals surface area contributed by atoms with E-state index in [1.807, 2.05) is 36.4 Å². The lowest BCUT2D eigenvalue weighted by molar-refractivity contribution is 0.0525. The molecular weight excluding hydrogens is 294 g/mol. The van der Waals surface area contributed by atoms with Gasteiger partial charge in [0.1, 0.15) is 10.2 Å². The van der Waals surface area contributed by atoms with Gasteiger partial charge >= 0.3 is 5.97 Å². The third kappa shape index (κ3) is 2.59. The van der Waals surface area contributed by atoms with Crippen molar-refractivity contribution in [3.63, 3.8) is 0 Å². The third-order valence-corrected chi connectivity index (χ3v) is 3.07. The zero-order valence-electron chi connectivity index (χ0n) is 9.89. The van der Waals surface area contributed by atoms with Crippen LogP contribution in [0.4, 0.5) is 0 Å². The van der Waals surface area contributed by atoms with Crippen molar-refractivity contribution in [2.75, 3.05) is 6.61 Å². The van der Waals surface area contributed by atoms with Gasteiger partial charge in [-0.1, -0.05) is 30.3 Å². The molecule has 2 aromatic rings. The average molecular weight is 306 g/mol. The van der Waals surface area contributed by atoms with Gasteiger partial charge in [-0.05, 0) is 34.5 Å². The molecule has 1 aromatic carbocycles. The van der Waals surface area contributed by atoms with Crippen LogP contribution in [0.15, 0.2) is 47.2 Å². The Balaban J connectivity index is 2.55. The molecule has 0 atom stereocenters. The number of hydrogen-bond acceptors (Lipinski definition) is 3. The van der Waals surface area contributed by atoms with E-state index in [0.29, 0.717) is 16.8 Å². The summed E-state index contributed by atoms with van der Waals surface area (Å²) in [6, 6.07) is 11.5. The summed E-state index contributed by atoms with van der Waals surface area (Å²) in [5.74, 6) is -0.365. The van der Waals surface area contributed by atoms with E-state index >= 15 is 0 Å². The highest BCUT2D eigenvalue weighted by Crippen LogP contribution is 2.28. The van der Waals surface area contributed by atoms with Crippen molar-refractivity contribution in [2.45, 2.75) is 6.92 Å². The van der Waals surface area contributed by atoms with Crippen molar-refractivity contribution >= 4 is 21.9 Å². The number of pyridine rings is 1. The fraction of sp³-hybridized carbons (Fsp3) is 0.143. The lowest BCUT2D eigenvalue weighted by Crippen LogP contribution is -2.08. The highest BCUT2D eigenvalue weighted by molar-refractivity contribution is 9.10. The van der Waals surface area contributed by atoms with Gasteiger partial charge in [0.05, 0.1) is 6.61 Å². The van der Waals surface area contributed by atoms with Gasteiger partial charge in [0.25, 0.3) is 0 Å². The summed E-state index contributed by atoms with van der Waals surface area (Å²) in [6.07, 6.45) is 1.66. The topological polar surface area (TPSA) is 39.2 Å². The van der Waals surface area contributed by atoms with Crippen LogP contribution in [0, 0.1) is 0 Å². The molecule has 0 fully saturated rings. The Hall–Kier alpha value is -1.68. The number of aromatic nitrogens is 1. The van der Waals surface area contributed by atoms with Gasteiger partial charge in [-0.2, -0.15) is 0 Å². The first-order chi connectivity index (χ1) is 8.74. The molecule has 0 radical (unpaired) electrons. The van der Waals surface area contributed by atoms with E-state index in [0.717, 1.165) is 11.1 Å². The maximum absolute atomic E-state index is 12.0. The summed E-state index contributed by atoms with van der Waals surface area (Å²) in [5.41, 5.74) is 2.24. The summed E-state index contributed by atoms with van der Waals surface area (Å²) in [5, 5.41) is 0. The Kier molecular flexibility index (Phi) is 4.10. The van der Waals surface area contributed by atoms with Crippen molar-refractivity contribution in [3.05, 3.63) is 52.8 Å². The van der Waals surface area contributed by atoms with E-state index in [1.54, 1.807) is 13.1 Å². The second kappa shape index (κ2) is 5.78. The van der Waals surface area contributed by atoms with Crippen LogP contribution < -0.4 is 0 Å². The molecule has 0 unspecified atom stereocenters. The quantitative estimate of drug-likeness (QED) is 0.641. The molecule has 0 N–H and O–H groups in total. The molecule has 0 aliphatic carbocycles. The molecule has 0 spiro atoms. The molecule has 2 rings (SSSR count). The second-order valence-electron chi connectivity index (χ2n) is 3.61. The summed E-state index contributed by atoms with van der Waals surface area (Å²) in [4.78, 5) is 16.1. The molecule has 0 bridgehead atoms. The maximum Gasteiger partial charge on any atom is 0.341 e.